The minimum Gasteiger partial charge on any atom is -0.459 e. The van der Waals surface area contributed by atoms with Gasteiger partial charge in [-0.1, -0.05) is 24.3 Å². The molecule has 8 heteroatoms. The minimum absolute atomic E-state index is 0.146. The van der Waals surface area contributed by atoms with E-state index < -0.39 is 0 Å². The van der Waals surface area contributed by atoms with E-state index in [1.165, 1.54) is 6.26 Å². The van der Waals surface area contributed by atoms with Crippen LogP contribution in [0.1, 0.15) is 37.2 Å². The van der Waals surface area contributed by atoms with Crippen LogP contribution in [0, 0.1) is 6.92 Å². The van der Waals surface area contributed by atoms with E-state index in [9.17, 15) is 9.59 Å². The Bertz CT molecular complexity index is 1220. The number of furan rings is 1. The summed E-state index contributed by atoms with van der Waals surface area (Å²) >= 11 is 3.22. The summed E-state index contributed by atoms with van der Waals surface area (Å²) in [4.78, 5) is 30.4. The number of anilines is 1. The summed E-state index contributed by atoms with van der Waals surface area (Å²) in [6.45, 7) is 2.32. The molecular weight excluding hydrogens is 442 g/mol. The van der Waals surface area contributed by atoms with Crippen molar-refractivity contribution in [2.24, 2.45) is 0 Å². The van der Waals surface area contributed by atoms with E-state index in [0.29, 0.717) is 23.5 Å². The molecule has 0 unspecified atom stereocenters. The predicted molar refractivity (Wildman–Crippen MR) is 127 cm³/mol. The van der Waals surface area contributed by atoms with Crippen LogP contribution in [0.3, 0.4) is 0 Å². The lowest BCUT2D eigenvalue weighted by molar-refractivity contribution is 0.0946. The van der Waals surface area contributed by atoms with Gasteiger partial charge in [0.25, 0.3) is 11.8 Å². The lowest BCUT2D eigenvalue weighted by atomic mass is 10.1. The Hall–Kier alpha value is -3.36. The standard InChI is InChI=1S/C24H21N3O3S2/c1-16-26-19(14-31-16)15-32-22-10-3-2-8-20(22)23(28)25-13-17-6-4-7-18(12-17)27-24(29)21-9-5-11-30-21/h2-12,14H,13,15H2,1H3,(H,25,28)(H,27,29). The number of carbonyl (C=O) groups excluding carboxylic acids is 2. The number of carbonyl (C=O) groups is 2. The van der Waals surface area contributed by atoms with Crippen molar-refractivity contribution in [3.8, 4) is 0 Å². The maximum atomic E-state index is 12.9. The minimum atomic E-state index is -0.322. The highest BCUT2D eigenvalue weighted by atomic mass is 32.2. The van der Waals surface area contributed by atoms with Crippen molar-refractivity contribution in [2.45, 2.75) is 24.1 Å². The van der Waals surface area contributed by atoms with Gasteiger partial charge in [0.2, 0.25) is 0 Å². The zero-order valence-electron chi connectivity index (χ0n) is 17.3. The summed E-state index contributed by atoms with van der Waals surface area (Å²) in [5.41, 5.74) is 3.15. The fraction of sp³-hybridized carbons (Fsp3) is 0.125. The summed E-state index contributed by atoms with van der Waals surface area (Å²) in [6.07, 6.45) is 1.45. The van der Waals surface area contributed by atoms with Crippen molar-refractivity contribution in [3.63, 3.8) is 0 Å². The van der Waals surface area contributed by atoms with E-state index in [1.807, 2.05) is 54.8 Å². The number of nitrogens with one attached hydrogen (secondary N) is 2. The van der Waals surface area contributed by atoms with E-state index in [2.05, 4.69) is 15.6 Å². The van der Waals surface area contributed by atoms with Crippen molar-refractivity contribution in [1.82, 2.24) is 10.3 Å². The molecule has 162 valence electrons. The van der Waals surface area contributed by atoms with Crippen LogP contribution >= 0.6 is 23.1 Å². The summed E-state index contributed by atoms with van der Waals surface area (Å²) < 4.78 is 5.11. The molecule has 2 aromatic heterocycles. The third-order valence-corrected chi connectivity index (χ3v) is 6.49. The number of aryl methyl sites for hydroxylation is 1. The fourth-order valence-electron chi connectivity index (χ4n) is 3.04. The molecule has 0 bridgehead atoms. The Balaban J connectivity index is 1.37. The van der Waals surface area contributed by atoms with Crippen LogP contribution < -0.4 is 10.6 Å². The number of hydrogen-bond acceptors (Lipinski definition) is 6. The number of hydrogen-bond donors (Lipinski definition) is 2. The molecule has 2 aromatic carbocycles. The molecule has 2 amide bonds. The van der Waals surface area contributed by atoms with Gasteiger partial charge in [-0.3, -0.25) is 9.59 Å². The molecule has 32 heavy (non-hydrogen) atoms. The number of aromatic nitrogens is 1. The summed E-state index contributed by atoms with van der Waals surface area (Å²) in [5.74, 6) is 0.488. The lowest BCUT2D eigenvalue weighted by Gasteiger charge is -2.11. The maximum Gasteiger partial charge on any atom is 0.291 e. The van der Waals surface area contributed by atoms with Crippen molar-refractivity contribution in [2.75, 3.05) is 5.32 Å². The van der Waals surface area contributed by atoms with Gasteiger partial charge in [0.15, 0.2) is 5.76 Å². The SMILES string of the molecule is Cc1nc(CSc2ccccc2C(=O)NCc2cccc(NC(=O)c3ccco3)c2)cs1. The summed E-state index contributed by atoms with van der Waals surface area (Å²) in [6, 6.07) is 18.2. The van der Waals surface area contributed by atoms with Gasteiger partial charge in [-0.15, -0.1) is 23.1 Å². The second-order valence-electron chi connectivity index (χ2n) is 6.96. The second kappa shape index (κ2) is 10.3. The Morgan fingerprint density at radius 3 is 2.72 bits per heavy atom. The van der Waals surface area contributed by atoms with Crippen LogP contribution in [-0.4, -0.2) is 16.8 Å². The molecule has 0 atom stereocenters. The first kappa shape index (κ1) is 21.9. The molecule has 2 N–H and O–H groups in total. The van der Waals surface area contributed by atoms with E-state index in [0.717, 1.165) is 21.2 Å². The quantitative estimate of drug-likeness (QED) is 0.336. The van der Waals surface area contributed by atoms with Crippen LogP contribution in [0.25, 0.3) is 0 Å². The highest BCUT2D eigenvalue weighted by Gasteiger charge is 2.13. The van der Waals surface area contributed by atoms with E-state index in [1.54, 1.807) is 41.3 Å². The molecule has 4 rings (SSSR count). The molecule has 0 fully saturated rings. The number of nitrogens with zero attached hydrogens (tertiary/aromatic N) is 1. The number of thiazole rings is 1. The molecular formula is C24H21N3O3S2. The molecule has 0 aliphatic heterocycles. The van der Waals surface area contributed by atoms with Gasteiger partial charge in [-0.05, 0) is 48.9 Å². The Morgan fingerprint density at radius 2 is 1.94 bits per heavy atom. The van der Waals surface area contributed by atoms with Crippen LogP contribution in [0.15, 0.2) is 81.6 Å². The third-order valence-electron chi connectivity index (χ3n) is 4.56. The maximum absolute atomic E-state index is 12.9. The topological polar surface area (TPSA) is 84.2 Å². The first-order chi connectivity index (χ1) is 15.6. The van der Waals surface area contributed by atoms with Crippen LogP contribution in [-0.2, 0) is 12.3 Å². The van der Waals surface area contributed by atoms with Crippen molar-refractivity contribution < 1.29 is 14.0 Å². The number of amides is 2. The normalized spacial score (nSPS) is 10.7. The van der Waals surface area contributed by atoms with Crippen LogP contribution in [0.2, 0.25) is 0 Å². The van der Waals surface area contributed by atoms with Gasteiger partial charge >= 0.3 is 0 Å². The van der Waals surface area contributed by atoms with Gasteiger partial charge in [-0.25, -0.2) is 4.98 Å². The van der Waals surface area contributed by atoms with Gasteiger partial charge in [0.1, 0.15) is 0 Å². The first-order valence-electron chi connectivity index (χ1n) is 9.93. The van der Waals surface area contributed by atoms with Crippen molar-refractivity contribution >= 4 is 40.6 Å². The molecule has 0 saturated heterocycles. The van der Waals surface area contributed by atoms with E-state index in [4.69, 9.17) is 4.42 Å². The second-order valence-corrected chi connectivity index (χ2v) is 9.04. The Labute approximate surface area is 194 Å². The lowest BCUT2D eigenvalue weighted by Crippen LogP contribution is -2.23. The van der Waals surface area contributed by atoms with Crippen molar-refractivity contribution in [3.05, 3.63) is 99.9 Å². The molecule has 0 aliphatic rings. The first-order valence-corrected chi connectivity index (χ1v) is 11.8. The predicted octanol–water partition coefficient (Wildman–Crippen LogP) is 5.52. The monoisotopic (exact) mass is 463 g/mol. The zero-order valence-corrected chi connectivity index (χ0v) is 19.0. The zero-order chi connectivity index (χ0) is 22.3. The molecule has 0 saturated carbocycles. The Morgan fingerprint density at radius 1 is 1.06 bits per heavy atom. The summed E-state index contributed by atoms with van der Waals surface area (Å²) in [5, 5.41) is 8.84. The molecule has 4 aromatic rings. The molecule has 0 spiro atoms. The van der Waals surface area contributed by atoms with E-state index >= 15 is 0 Å². The highest BCUT2D eigenvalue weighted by Crippen LogP contribution is 2.27. The van der Waals surface area contributed by atoms with Crippen molar-refractivity contribution in [1.29, 1.82) is 0 Å². The average molecular weight is 464 g/mol. The fourth-order valence-corrected chi connectivity index (χ4v) is 4.70. The Kier molecular flexibility index (Phi) is 7.03. The highest BCUT2D eigenvalue weighted by molar-refractivity contribution is 7.98. The molecule has 6 nitrogen and oxygen atoms in total. The largest absolute Gasteiger partial charge is 0.459 e. The molecule has 2 heterocycles. The smallest absolute Gasteiger partial charge is 0.291 e. The van der Waals surface area contributed by atoms with Gasteiger partial charge in [-0.2, -0.15) is 0 Å². The number of thioether (sulfide) groups is 1. The average Bonchev–Trinajstić information content (AvgIpc) is 3.49. The summed E-state index contributed by atoms with van der Waals surface area (Å²) in [7, 11) is 0. The van der Waals surface area contributed by atoms with Gasteiger partial charge in [0.05, 0.1) is 22.5 Å². The number of benzene rings is 2. The third kappa shape index (κ3) is 5.66. The number of rotatable bonds is 8. The van der Waals surface area contributed by atoms with Crippen LogP contribution in [0.4, 0.5) is 5.69 Å². The van der Waals surface area contributed by atoms with Gasteiger partial charge in [0, 0.05) is 28.3 Å². The van der Waals surface area contributed by atoms with Crippen LogP contribution in [0.5, 0.6) is 0 Å². The van der Waals surface area contributed by atoms with E-state index in [-0.39, 0.29) is 17.6 Å². The molecule has 0 aliphatic carbocycles. The molecule has 0 radical (unpaired) electrons. The van der Waals surface area contributed by atoms with Gasteiger partial charge < -0.3 is 15.1 Å².